The Morgan fingerprint density at radius 2 is 2.11 bits per heavy atom. The topological polar surface area (TPSA) is 61.3 Å². The van der Waals surface area contributed by atoms with Gasteiger partial charge in [-0.3, -0.25) is 0 Å². The number of rotatable bonds is 3. The Morgan fingerprint density at radius 1 is 1.39 bits per heavy atom. The smallest absolute Gasteiger partial charge is 0.175 e. The first kappa shape index (κ1) is 12.9. The highest BCUT2D eigenvalue weighted by Gasteiger charge is 2.18. The second kappa shape index (κ2) is 5.00. The molecule has 0 spiro atoms. The van der Waals surface area contributed by atoms with Gasteiger partial charge in [-0.05, 0) is 31.5 Å². The van der Waals surface area contributed by atoms with Crippen LogP contribution in [0, 0.1) is 13.8 Å². The van der Waals surface area contributed by atoms with Crippen molar-refractivity contribution in [2.24, 2.45) is 5.73 Å². The fourth-order valence-corrected chi connectivity index (χ4v) is 2.01. The number of hydrogen-bond donors (Lipinski definition) is 1. The first-order valence-electron chi connectivity index (χ1n) is 5.58. The summed E-state index contributed by atoms with van der Waals surface area (Å²) in [6.45, 7) is 4.14. The van der Waals surface area contributed by atoms with E-state index >= 15 is 0 Å². The highest BCUT2D eigenvalue weighted by Crippen LogP contribution is 2.37. The van der Waals surface area contributed by atoms with Gasteiger partial charge in [-0.15, -0.1) is 0 Å². The molecular weight excluding hydrogens is 252 g/mol. The maximum absolute atomic E-state index is 6.15. The van der Waals surface area contributed by atoms with Crippen LogP contribution in [0.2, 0.25) is 5.02 Å². The molecule has 1 heterocycles. The molecule has 0 saturated heterocycles. The van der Waals surface area contributed by atoms with Gasteiger partial charge >= 0.3 is 0 Å². The van der Waals surface area contributed by atoms with E-state index in [0.717, 1.165) is 22.4 Å². The zero-order valence-corrected chi connectivity index (χ0v) is 11.3. The van der Waals surface area contributed by atoms with Crippen LogP contribution in [0.25, 0.3) is 11.3 Å². The Labute approximate surface area is 111 Å². The molecule has 0 aliphatic carbocycles. The largest absolute Gasteiger partial charge is 0.496 e. The maximum Gasteiger partial charge on any atom is 0.175 e. The van der Waals surface area contributed by atoms with Gasteiger partial charge in [-0.25, -0.2) is 0 Å². The van der Waals surface area contributed by atoms with Gasteiger partial charge < -0.3 is 15.0 Å². The molecule has 2 aromatic rings. The van der Waals surface area contributed by atoms with Crippen LogP contribution >= 0.6 is 11.6 Å². The van der Waals surface area contributed by atoms with Crippen molar-refractivity contribution >= 4 is 11.6 Å². The molecule has 1 aromatic heterocycles. The summed E-state index contributed by atoms with van der Waals surface area (Å²) < 4.78 is 10.7. The van der Waals surface area contributed by atoms with Crippen molar-refractivity contribution in [2.45, 2.75) is 20.4 Å². The van der Waals surface area contributed by atoms with E-state index in [0.29, 0.717) is 23.1 Å². The van der Waals surface area contributed by atoms with E-state index in [-0.39, 0.29) is 0 Å². The van der Waals surface area contributed by atoms with Crippen LogP contribution in [0.3, 0.4) is 0 Å². The third-order valence-electron chi connectivity index (χ3n) is 2.91. The summed E-state index contributed by atoms with van der Waals surface area (Å²) in [4.78, 5) is 0. The maximum atomic E-state index is 6.15. The molecule has 0 amide bonds. The Morgan fingerprint density at radius 3 is 2.72 bits per heavy atom. The molecule has 0 aliphatic heterocycles. The number of nitrogens with two attached hydrogens (primary N) is 1. The van der Waals surface area contributed by atoms with Crippen LogP contribution in [0.5, 0.6) is 5.75 Å². The predicted octanol–water partition coefficient (Wildman–Crippen LogP) is 3.08. The van der Waals surface area contributed by atoms with Gasteiger partial charge in [0.25, 0.3) is 0 Å². The van der Waals surface area contributed by atoms with Gasteiger partial charge in [-0.1, -0.05) is 16.8 Å². The van der Waals surface area contributed by atoms with E-state index in [4.69, 9.17) is 26.6 Å². The van der Waals surface area contributed by atoms with E-state index < -0.39 is 0 Å². The number of halogens is 1. The van der Waals surface area contributed by atoms with Crippen molar-refractivity contribution in [3.8, 4) is 17.1 Å². The fraction of sp³-hybridized carbons (Fsp3) is 0.308. The van der Waals surface area contributed by atoms with Gasteiger partial charge in [0, 0.05) is 17.1 Å². The molecule has 4 nitrogen and oxygen atoms in total. The highest BCUT2D eigenvalue weighted by atomic mass is 35.5. The highest BCUT2D eigenvalue weighted by molar-refractivity contribution is 6.31. The summed E-state index contributed by atoms with van der Waals surface area (Å²) in [6, 6.07) is 3.69. The quantitative estimate of drug-likeness (QED) is 0.927. The molecule has 0 bridgehead atoms. The minimum atomic E-state index is 0.360. The average Bonchev–Trinajstić information content (AvgIpc) is 2.73. The zero-order chi connectivity index (χ0) is 13.3. The van der Waals surface area contributed by atoms with Crippen LogP contribution in [0.1, 0.15) is 16.8 Å². The summed E-state index contributed by atoms with van der Waals surface area (Å²) in [6.07, 6.45) is 0. The summed E-state index contributed by atoms with van der Waals surface area (Å²) in [5.41, 5.74) is 9.09. The van der Waals surface area contributed by atoms with E-state index in [1.807, 2.05) is 26.0 Å². The molecule has 0 fully saturated rings. The molecule has 0 radical (unpaired) electrons. The molecule has 0 unspecified atom stereocenters. The molecule has 0 atom stereocenters. The van der Waals surface area contributed by atoms with Crippen LogP contribution in [0.15, 0.2) is 16.7 Å². The summed E-state index contributed by atoms with van der Waals surface area (Å²) in [5.74, 6) is 1.32. The first-order chi connectivity index (χ1) is 8.58. The van der Waals surface area contributed by atoms with Gasteiger partial charge in [0.1, 0.15) is 5.75 Å². The lowest BCUT2D eigenvalue weighted by molar-refractivity contribution is 0.404. The Balaban J connectivity index is 2.66. The zero-order valence-electron chi connectivity index (χ0n) is 10.6. The number of ether oxygens (including phenoxy) is 1. The molecule has 5 heteroatoms. The van der Waals surface area contributed by atoms with E-state index in [1.54, 1.807) is 7.11 Å². The van der Waals surface area contributed by atoms with Gasteiger partial charge in [-0.2, -0.15) is 0 Å². The molecule has 2 rings (SSSR count). The third kappa shape index (κ3) is 2.09. The number of hydrogen-bond acceptors (Lipinski definition) is 4. The minimum Gasteiger partial charge on any atom is -0.496 e. The monoisotopic (exact) mass is 266 g/mol. The van der Waals surface area contributed by atoms with Crippen molar-refractivity contribution in [2.75, 3.05) is 7.11 Å². The normalized spacial score (nSPS) is 10.7. The molecule has 0 saturated carbocycles. The van der Waals surface area contributed by atoms with Crippen molar-refractivity contribution in [3.63, 3.8) is 0 Å². The molecular formula is C13H15ClN2O2. The lowest BCUT2D eigenvalue weighted by atomic mass is 10.0. The number of aromatic nitrogens is 1. The van der Waals surface area contributed by atoms with Crippen LogP contribution in [-0.4, -0.2) is 12.3 Å². The molecule has 0 aliphatic rings. The standard InChI is InChI=1S/C13H15ClN2O2/c1-7-4-12(17-3)9(5-11(7)14)13-10(6-15)8(2)16-18-13/h4-5H,6,15H2,1-3H3. The molecule has 18 heavy (non-hydrogen) atoms. The van der Waals surface area contributed by atoms with Crippen LogP contribution < -0.4 is 10.5 Å². The second-order valence-electron chi connectivity index (χ2n) is 4.08. The second-order valence-corrected chi connectivity index (χ2v) is 4.49. The fourth-order valence-electron chi connectivity index (χ4n) is 1.84. The van der Waals surface area contributed by atoms with Crippen molar-refractivity contribution < 1.29 is 9.26 Å². The third-order valence-corrected chi connectivity index (χ3v) is 3.32. The Hall–Kier alpha value is -1.52. The Bertz CT molecular complexity index is 579. The molecule has 2 N–H and O–H groups in total. The van der Waals surface area contributed by atoms with Crippen molar-refractivity contribution in [3.05, 3.63) is 34.0 Å². The SMILES string of the molecule is COc1cc(C)c(Cl)cc1-c1onc(C)c1CN. The number of methoxy groups -OCH3 is 1. The van der Waals surface area contributed by atoms with E-state index in [1.165, 1.54) is 0 Å². The number of benzene rings is 1. The first-order valence-corrected chi connectivity index (χ1v) is 5.96. The lowest BCUT2D eigenvalue weighted by Gasteiger charge is -2.09. The lowest BCUT2D eigenvalue weighted by Crippen LogP contribution is -1.99. The average molecular weight is 267 g/mol. The van der Waals surface area contributed by atoms with Crippen LogP contribution in [0.4, 0.5) is 0 Å². The number of aryl methyl sites for hydroxylation is 2. The number of nitrogens with zero attached hydrogens (tertiary/aromatic N) is 1. The van der Waals surface area contributed by atoms with Crippen molar-refractivity contribution in [1.82, 2.24) is 5.16 Å². The van der Waals surface area contributed by atoms with Crippen LogP contribution in [-0.2, 0) is 6.54 Å². The van der Waals surface area contributed by atoms with Gasteiger partial charge in [0.2, 0.25) is 0 Å². The van der Waals surface area contributed by atoms with Gasteiger partial charge in [0.05, 0.1) is 18.4 Å². The predicted molar refractivity (Wildman–Crippen MR) is 70.9 cm³/mol. The Kier molecular flexibility index (Phi) is 3.59. The van der Waals surface area contributed by atoms with Crippen molar-refractivity contribution in [1.29, 1.82) is 0 Å². The van der Waals surface area contributed by atoms with E-state index in [9.17, 15) is 0 Å². The molecule has 1 aromatic carbocycles. The van der Waals surface area contributed by atoms with Gasteiger partial charge in [0.15, 0.2) is 5.76 Å². The summed E-state index contributed by atoms with van der Waals surface area (Å²) in [5, 5.41) is 4.59. The molecule has 96 valence electrons. The minimum absolute atomic E-state index is 0.360. The summed E-state index contributed by atoms with van der Waals surface area (Å²) in [7, 11) is 1.61. The summed E-state index contributed by atoms with van der Waals surface area (Å²) >= 11 is 6.15. The van der Waals surface area contributed by atoms with E-state index in [2.05, 4.69) is 5.16 Å².